The third-order valence-electron chi connectivity index (χ3n) is 4.58. The quantitative estimate of drug-likeness (QED) is 0.831. The van der Waals surface area contributed by atoms with Crippen LogP contribution in [0.4, 0.5) is 0 Å². The fourth-order valence-electron chi connectivity index (χ4n) is 3.65. The van der Waals surface area contributed by atoms with Crippen LogP contribution in [0.25, 0.3) is 0 Å². The van der Waals surface area contributed by atoms with Crippen molar-refractivity contribution in [1.82, 2.24) is 9.62 Å². The van der Waals surface area contributed by atoms with Crippen molar-refractivity contribution in [2.45, 2.75) is 56.7 Å². The monoisotopic (exact) mass is 288 g/mol. The van der Waals surface area contributed by atoms with Gasteiger partial charge in [0.25, 0.3) is 0 Å². The summed E-state index contributed by atoms with van der Waals surface area (Å²) in [5.41, 5.74) is 0. The Morgan fingerprint density at radius 3 is 2.74 bits per heavy atom. The first-order valence-corrected chi connectivity index (χ1v) is 9.11. The number of hydrogen-bond donors (Lipinski definition) is 1. The topological polar surface area (TPSA) is 58.6 Å². The Bertz CT molecular complexity index is 392. The average Bonchev–Trinajstić information content (AvgIpc) is 2.64. The summed E-state index contributed by atoms with van der Waals surface area (Å²) < 4.78 is 32.8. The zero-order valence-corrected chi connectivity index (χ0v) is 12.2. The molecule has 3 heterocycles. The highest BCUT2D eigenvalue weighted by atomic mass is 32.2. The van der Waals surface area contributed by atoms with Crippen LogP contribution in [0.2, 0.25) is 0 Å². The second kappa shape index (κ2) is 5.68. The molecule has 0 aromatic heterocycles. The minimum atomic E-state index is -3.17. The maximum atomic E-state index is 12.7. The molecule has 0 radical (unpaired) electrons. The molecule has 5 nitrogen and oxygen atoms in total. The normalized spacial score (nSPS) is 37.2. The fraction of sp³-hybridized carbons (Fsp3) is 1.00. The van der Waals surface area contributed by atoms with Crippen LogP contribution < -0.4 is 5.32 Å². The van der Waals surface area contributed by atoms with Crippen LogP contribution in [0.5, 0.6) is 0 Å². The zero-order valence-electron chi connectivity index (χ0n) is 11.4. The Morgan fingerprint density at radius 1 is 1.11 bits per heavy atom. The van der Waals surface area contributed by atoms with E-state index in [4.69, 9.17) is 4.74 Å². The van der Waals surface area contributed by atoms with E-state index < -0.39 is 10.0 Å². The molecule has 3 atom stereocenters. The van der Waals surface area contributed by atoms with Crippen molar-refractivity contribution >= 4 is 10.0 Å². The van der Waals surface area contributed by atoms with Gasteiger partial charge in [-0.1, -0.05) is 0 Å². The fourth-order valence-corrected chi connectivity index (χ4v) is 5.86. The van der Waals surface area contributed by atoms with Gasteiger partial charge in [0.15, 0.2) is 0 Å². The summed E-state index contributed by atoms with van der Waals surface area (Å²) in [5, 5.41) is 3.35. The van der Waals surface area contributed by atoms with Gasteiger partial charge < -0.3 is 10.1 Å². The molecule has 110 valence electrons. The summed E-state index contributed by atoms with van der Waals surface area (Å²) in [6.45, 7) is 2.46. The van der Waals surface area contributed by atoms with E-state index in [0.29, 0.717) is 6.61 Å². The highest BCUT2D eigenvalue weighted by Crippen LogP contribution is 2.31. The van der Waals surface area contributed by atoms with Crippen molar-refractivity contribution in [2.24, 2.45) is 0 Å². The van der Waals surface area contributed by atoms with E-state index in [1.165, 1.54) is 0 Å². The molecular formula is C13H24N2O3S. The molecule has 0 amide bonds. The van der Waals surface area contributed by atoms with Crippen LogP contribution in [-0.2, 0) is 14.8 Å². The molecule has 19 heavy (non-hydrogen) atoms. The summed E-state index contributed by atoms with van der Waals surface area (Å²) in [4.78, 5) is 0. The second-order valence-corrected chi connectivity index (χ2v) is 7.89. The van der Waals surface area contributed by atoms with Crippen molar-refractivity contribution in [3.05, 3.63) is 0 Å². The molecule has 3 aliphatic heterocycles. The van der Waals surface area contributed by atoms with Gasteiger partial charge in [-0.05, 0) is 45.1 Å². The van der Waals surface area contributed by atoms with E-state index in [1.807, 2.05) is 4.31 Å². The van der Waals surface area contributed by atoms with Crippen LogP contribution in [0.3, 0.4) is 0 Å². The van der Waals surface area contributed by atoms with Gasteiger partial charge in [-0.25, -0.2) is 8.42 Å². The standard InChI is InChI=1S/C13H24N2O3S/c16-19(17,10-13-3-1-2-8-18-13)15-11-4-5-12(15)9-14-7-6-11/h11-14H,1-10H2. The smallest absolute Gasteiger partial charge is 0.217 e. The lowest BCUT2D eigenvalue weighted by Gasteiger charge is -2.30. The maximum Gasteiger partial charge on any atom is 0.217 e. The van der Waals surface area contributed by atoms with Gasteiger partial charge in [-0.2, -0.15) is 4.31 Å². The van der Waals surface area contributed by atoms with Crippen LogP contribution in [-0.4, -0.2) is 56.4 Å². The minimum absolute atomic E-state index is 0.0886. The molecule has 3 rings (SSSR count). The number of rotatable bonds is 3. The molecule has 3 saturated heterocycles. The number of ether oxygens (including phenoxy) is 1. The molecule has 3 aliphatic rings. The van der Waals surface area contributed by atoms with Crippen LogP contribution in [0.15, 0.2) is 0 Å². The number of sulfonamides is 1. The molecule has 0 spiro atoms. The van der Waals surface area contributed by atoms with Gasteiger partial charge in [0.2, 0.25) is 10.0 Å². The maximum absolute atomic E-state index is 12.7. The van der Waals surface area contributed by atoms with Crippen molar-refractivity contribution in [1.29, 1.82) is 0 Å². The molecular weight excluding hydrogens is 264 g/mol. The molecule has 6 heteroatoms. The first-order chi connectivity index (χ1) is 9.17. The lowest BCUT2D eigenvalue weighted by Crippen LogP contribution is -2.46. The van der Waals surface area contributed by atoms with Gasteiger partial charge in [-0.3, -0.25) is 0 Å². The number of fused-ring (bicyclic) bond motifs is 2. The predicted molar refractivity (Wildman–Crippen MR) is 73.5 cm³/mol. The van der Waals surface area contributed by atoms with Gasteiger partial charge in [0.1, 0.15) is 0 Å². The third-order valence-corrected chi connectivity index (χ3v) is 6.61. The summed E-state index contributed by atoms with van der Waals surface area (Å²) >= 11 is 0. The Morgan fingerprint density at radius 2 is 1.95 bits per heavy atom. The first-order valence-electron chi connectivity index (χ1n) is 7.50. The SMILES string of the molecule is O=S(=O)(CC1CCCCO1)N1C2CCNCC1CC2. The van der Waals surface area contributed by atoms with Crippen molar-refractivity contribution in [2.75, 3.05) is 25.4 Å². The van der Waals surface area contributed by atoms with E-state index in [9.17, 15) is 8.42 Å². The van der Waals surface area contributed by atoms with E-state index in [0.717, 1.165) is 51.6 Å². The Balaban J connectivity index is 1.71. The number of nitrogens with one attached hydrogen (secondary N) is 1. The van der Waals surface area contributed by atoms with Crippen molar-refractivity contribution in [3.63, 3.8) is 0 Å². The first kappa shape index (κ1) is 13.8. The van der Waals surface area contributed by atoms with Crippen LogP contribution in [0.1, 0.15) is 38.5 Å². The predicted octanol–water partition coefficient (Wildman–Crippen LogP) is 0.712. The number of nitrogens with zero attached hydrogens (tertiary/aromatic N) is 1. The summed E-state index contributed by atoms with van der Waals surface area (Å²) in [7, 11) is -3.17. The molecule has 1 N–H and O–H groups in total. The number of hydrogen-bond acceptors (Lipinski definition) is 4. The minimum Gasteiger partial charge on any atom is -0.377 e. The van der Waals surface area contributed by atoms with Crippen LogP contribution >= 0.6 is 0 Å². The van der Waals surface area contributed by atoms with E-state index in [2.05, 4.69) is 5.32 Å². The lowest BCUT2D eigenvalue weighted by molar-refractivity contribution is 0.0297. The van der Waals surface area contributed by atoms with Gasteiger partial charge >= 0.3 is 0 Å². The van der Waals surface area contributed by atoms with E-state index in [1.54, 1.807) is 0 Å². The van der Waals surface area contributed by atoms with E-state index in [-0.39, 0.29) is 23.9 Å². The Hall–Kier alpha value is -0.170. The molecule has 0 aromatic carbocycles. The lowest BCUT2D eigenvalue weighted by atomic mass is 10.1. The zero-order chi connectivity index (χ0) is 13.3. The summed E-state index contributed by atoms with van der Waals surface area (Å²) in [6, 6.07) is 0.384. The summed E-state index contributed by atoms with van der Waals surface area (Å²) in [6.07, 6.45) is 5.93. The molecule has 0 aliphatic carbocycles. The van der Waals surface area contributed by atoms with Crippen LogP contribution in [0, 0.1) is 0 Å². The highest BCUT2D eigenvalue weighted by Gasteiger charge is 2.43. The third kappa shape index (κ3) is 2.96. The average molecular weight is 288 g/mol. The summed E-state index contributed by atoms with van der Waals surface area (Å²) in [5.74, 6) is 0.181. The molecule has 0 aromatic rings. The highest BCUT2D eigenvalue weighted by molar-refractivity contribution is 7.89. The molecule has 3 fully saturated rings. The molecule has 0 saturated carbocycles. The molecule has 3 unspecified atom stereocenters. The largest absolute Gasteiger partial charge is 0.377 e. The van der Waals surface area contributed by atoms with Crippen molar-refractivity contribution in [3.8, 4) is 0 Å². The van der Waals surface area contributed by atoms with E-state index >= 15 is 0 Å². The van der Waals surface area contributed by atoms with Gasteiger partial charge in [-0.15, -0.1) is 0 Å². The molecule has 2 bridgehead atoms. The Labute approximate surface area is 115 Å². The van der Waals surface area contributed by atoms with Gasteiger partial charge in [0.05, 0.1) is 11.9 Å². The second-order valence-electron chi connectivity index (χ2n) is 5.97. The van der Waals surface area contributed by atoms with Crippen molar-refractivity contribution < 1.29 is 13.2 Å². The Kier molecular flexibility index (Phi) is 4.12. The van der Waals surface area contributed by atoms with Gasteiger partial charge in [0, 0.05) is 25.2 Å².